The molecule has 0 spiro atoms. The average Bonchev–Trinajstić information content (AvgIpc) is 3.25. The van der Waals surface area contributed by atoms with Crippen LogP contribution in [0.5, 0.6) is 0 Å². The number of amides is 1. The van der Waals surface area contributed by atoms with Gasteiger partial charge in [0.2, 0.25) is 11.9 Å². The van der Waals surface area contributed by atoms with Gasteiger partial charge in [-0.2, -0.15) is 0 Å². The Morgan fingerprint density at radius 3 is 2.65 bits per heavy atom. The number of nitrogens with one attached hydrogen (secondary N) is 2. The molecule has 9 heteroatoms. The summed E-state index contributed by atoms with van der Waals surface area (Å²) in [4.78, 5) is 25.4. The lowest BCUT2D eigenvalue weighted by Gasteiger charge is -2.26. The number of hydrogen-bond acceptors (Lipinski definition) is 6. The predicted octanol–water partition coefficient (Wildman–Crippen LogP) is 3.79. The van der Waals surface area contributed by atoms with Crippen molar-refractivity contribution < 1.29 is 9.18 Å². The molecule has 1 amide bonds. The van der Waals surface area contributed by atoms with Gasteiger partial charge in [-0.05, 0) is 43.4 Å². The lowest BCUT2D eigenvalue weighted by molar-refractivity contribution is -0.115. The maximum atomic E-state index is 14.8. The van der Waals surface area contributed by atoms with Crippen molar-refractivity contribution in [2.75, 3.05) is 10.6 Å². The molecule has 0 saturated heterocycles. The van der Waals surface area contributed by atoms with Crippen LogP contribution >= 0.6 is 0 Å². The Kier molecular flexibility index (Phi) is 6.18. The van der Waals surface area contributed by atoms with Crippen molar-refractivity contribution in [3.05, 3.63) is 72.4 Å². The van der Waals surface area contributed by atoms with E-state index >= 15 is 0 Å². The first-order valence-electron chi connectivity index (χ1n) is 11.4. The van der Waals surface area contributed by atoms with Crippen molar-refractivity contribution in [1.29, 1.82) is 0 Å². The molecule has 4 aromatic rings. The molecular weight excluding hydrogens is 433 g/mol. The fourth-order valence-electron chi connectivity index (χ4n) is 4.28. The maximum absolute atomic E-state index is 14.8. The van der Waals surface area contributed by atoms with Gasteiger partial charge in [0.05, 0.1) is 30.2 Å². The van der Waals surface area contributed by atoms with Crippen molar-refractivity contribution in [2.45, 2.75) is 44.2 Å². The van der Waals surface area contributed by atoms with E-state index in [0.717, 1.165) is 31.2 Å². The van der Waals surface area contributed by atoms with Crippen molar-refractivity contribution in [3.8, 4) is 11.4 Å². The van der Waals surface area contributed by atoms with Gasteiger partial charge in [0, 0.05) is 18.3 Å². The van der Waals surface area contributed by atoms with Crippen LogP contribution in [0.15, 0.2) is 61.1 Å². The number of rotatable bonds is 6. The second-order valence-electron chi connectivity index (χ2n) is 8.65. The topological polar surface area (TPSA) is 110 Å². The van der Waals surface area contributed by atoms with Crippen LogP contribution in [0.25, 0.3) is 17.0 Å². The summed E-state index contributed by atoms with van der Waals surface area (Å²) in [6, 6.07) is 13.5. The normalized spacial score (nSPS) is 18.1. The Bertz CT molecular complexity index is 1300. The van der Waals surface area contributed by atoms with E-state index in [2.05, 4.69) is 25.6 Å². The molecule has 34 heavy (non-hydrogen) atoms. The smallest absolute Gasteiger partial charge is 0.228 e. The Morgan fingerprint density at radius 2 is 1.85 bits per heavy atom. The highest BCUT2D eigenvalue weighted by atomic mass is 19.1. The number of fused-ring (bicyclic) bond motifs is 1. The van der Waals surface area contributed by atoms with Gasteiger partial charge < -0.3 is 16.4 Å². The molecule has 0 aliphatic heterocycles. The molecule has 0 unspecified atom stereocenters. The van der Waals surface area contributed by atoms with E-state index < -0.39 is 5.82 Å². The maximum Gasteiger partial charge on any atom is 0.228 e. The van der Waals surface area contributed by atoms with Gasteiger partial charge in [0.1, 0.15) is 11.3 Å². The minimum Gasteiger partial charge on any atom is -0.351 e. The number of aromatic nitrogens is 4. The number of imidazole rings is 1. The van der Waals surface area contributed by atoms with E-state index in [9.17, 15) is 9.18 Å². The number of hydrogen-bond donors (Lipinski definition) is 3. The number of anilines is 2. The van der Waals surface area contributed by atoms with Crippen molar-refractivity contribution in [3.63, 3.8) is 0 Å². The number of nitrogens with zero attached hydrogens (tertiary/aromatic N) is 4. The molecule has 1 aliphatic carbocycles. The van der Waals surface area contributed by atoms with Crippen LogP contribution < -0.4 is 16.4 Å². The SMILES string of the molecule is N[C@H]1CC[C@H](Nc2ncc(F)c(-c3cnc4ccc(NC(=O)Cc5ccccc5)cn34)n2)CC1. The third-order valence-corrected chi connectivity index (χ3v) is 6.09. The van der Waals surface area contributed by atoms with Crippen molar-refractivity contribution in [2.24, 2.45) is 5.73 Å². The number of nitrogens with two attached hydrogens (primary N) is 1. The van der Waals surface area contributed by atoms with E-state index in [-0.39, 0.29) is 30.1 Å². The highest BCUT2D eigenvalue weighted by Crippen LogP contribution is 2.25. The molecule has 1 aliphatic rings. The van der Waals surface area contributed by atoms with Gasteiger partial charge >= 0.3 is 0 Å². The average molecular weight is 460 g/mol. The number of pyridine rings is 1. The Balaban J connectivity index is 1.37. The van der Waals surface area contributed by atoms with Gasteiger partial charge in [-0.25, -0.2) is 19.3 Å². The van der Waals surface area contributed by atoms with Gasteiger partial charge in [0.15, 0.2) is 5.82 Å². The quantitative estimate of drug-likeness (QED) is 0.405. The molecule has 0 radical (unpaired) electrons. The van der Waals surface area contributed by atoms with Gasteiger partial charge in [-0.3, -0.25) is 9.20 Å². The molecular formula is C25H26FN7O. The molecule has 0 atom stereocenters. The second kappa shape index (κ2) is 9.56. The lowest BCUT2D eigenvalue weighted by Crippen LogP contribution is -2.33. The summed E-state index contributed by atoms with van der Waals surface area (Å²) in [6.45, 7) is 0. The van der Waals surface area contributed by atoms with Crippen LogP contribution in [0.1, 0.15) is 31.2 Å². The third kappa shape index (κ3) is 4.89. The number of carbonyl (C=O) groups is 1. The summed E-state index contributed by atoms with van der Waals surface area (Å²) in [5.41, 5.74) is 8.73. The molecule has 174 valence electrons. The van der Waals surface area contributed by atoms with Crippen LogP contribution in [0.2, 0.25) is 0 Å². The highest BCUT2D eigenvalue weighted by molar-refractivity contribution is 5.92. The minimum atomic E-state index is -0.545. The van der Waals surface area contributed by atoms with Crippen molar-refractivity contribution >= 4 is 23.2 Å². The zero-order chi connectivity index (χ0) is 23.5. The molecule has 0 bridgehead atoms. The molecule has 4 N–H and O–H groups in total. The summed E-state index contributed by atoms with van der Waals surface area (Å²) in [5.74, 6) is -0.310. The highest BCUT2D eigenvalue weighted by Gasteiger charge is 2.20. The van der Waals surface area contributed by atoms with Crippen molar-refractivity contribution in [1.82, 2.24) is 19.4 Å². The number of carbonyl (C=O) groups excluding carboxylic acids is 1. The Labute approximate surface area is 196 Å². The van der Waals surface area contributed by atoms with E-state index in [1.165, 1.54) is 6.20 Å². The monoisotopic (exact) mass is 459 g/mol. The van der Waals surface area contributed by atoms with E-state index in [1.54, 1.807) is 28.9 Å². The Hall–Kier alpha value is -3.85. The van der Waals surface area contributed by atoms with Crippen LogP contribution in [-0.2, 0) is 11.2 Å². The van der Waals surface area contributed by atoms with Gasteiger partial charge in [0.25, 0.3) is 0 Å². The predicted molar refractivity (Wildman–Crippen MR) is 129 cm³/mol. The standard InChI is InChI=1S/C25H26FN7O/c26-20-13-29-25(31-18-8-6-17(27)7-9-18)32-24(20)21-14-28-22-11-10-19(15-33(21)22)30-23(34)12-16-4-2-1-3-5-16/h1-5,10-11,13-15,17-18H,6-9,12,27H2,(H,30,34)(H,29,31,32)/t17-,18-. The number of benzene rings is 1. The number of halogens is 1. The summed E-state index contributed by atoms with van der Waals surface area (Å²) >= 11 is 0. The first-order valence-corrected chi connectivity index (χ1v) is 11.4. The molecule has 5 rings (SSSR count). The van der Waals surface area contributed by atoms with Crippen LogP contribution in [0, 0.1) is 5.82 Å². The summed E-state index contributed by atoms with van der Waals surface area (Å²) in [7, 11) is 0. The van der Waals surface area contributed by atoms with Gasteiger partial charge in [-0.15, -0.1) is 0 Å². The lowest BCUT2D eigenvalue weighted by atomic mass is 9.92. The van der Waals surface area contributed by atoms with Crippen LogP contribution in [0.3, 0.4) is 0 Å². The largest absolute Gasteiger partial charge is 0.351 e. The summed E-state index contributed by atoms with van der Waals surface area (Å²) < 4.78 is 16.5. The van der Waals surface area contributed by atoms with Gasteiger partial charge in [-0.1, -0.05) is 30.3 Å². The second-order valence-corrected chi connectivity index (χ2v) is 8.65. The fourth-order valence-corrected chi connectivity index (χ4v) is 4.28. The van der Waals surface area contributed by atoms with E-state index in [0.29, 0.717) is 23.0 Å². The van der Waals surface area contributed by atoms with Crippen LogP contribution in [0.4, 0.5) is 16.0 Å². The molecule has 3 heterocycles. The third-order valence-electron chi connectivity index (χ3n) is 6.09. The molecule has 1 saturated carbocycles. The van der Waals surface area contributed by atoms with E-state index in [4.69, 9.17) is 5.73 Å². The van der Waals surface area contributed by atoms with E-state index in [1.807, 2.05) is 30.3 Å². The Morgan fingerprint density at radius 1 is 1.06 bits per heavy atom. The van der Waals surface area contributed by atoms with Crippen LogP contribution in [-0.4, -0.2) is 37.3 Å². The summed E-state index contributed by atoms with van der Waals surface area (Å²) in [5, 5.41) is 6.21. The molecule has 3 aromatic heterocycles. The minimum absolute atomic E-state index is 0.140. The zero-order valence-corrected chi connectivity index (χ0v) is 18.6. The summed E-state index contributed by atoms with van der Waals surface area (Å²) in [6.07, 6.45) is 8.46. The first kappa shape index (κ1) is 22.0. The molecule has 1 aromatic carbocycles. The zero-order valence-electron chi connectivity index (χ0n) is 18.6. The first-order chi connectivity index (χ1) is 16.5. The molecule has 8 nitrogen and oxygen atoms in total. The fraction of sp³-hybridized carbons (Fsp3) is 0.280. The molecule has 1 fully saturated rings.